The molecule has 0 radical (unpaired) electrons. The van der Waals surface area contributed by atoms with Crippen molar-refractivity contribution in [3.05, 3.63) is 75.3 Å². The molecule has 0 atom stereocenters. The van der Waals surface area contributed by atoms with Crippen molar-refractivity contribution in [2.24, 2.45) is 0 Å². The highest BCUT2D eigenvalue weighted by molar-refractivity contribution is 8.02. The highest BCUT2D eigenvalue weighted by atomic mass is 35.5. The quantitative estimate of drug-likeness (QED) is 0.404. The molecular weight excluding hydrogens is 398 g/mol. The van der Waals surface area contributed by atoms with Crippen LogP contribution in [0.5, 0.6) is 0 Å². The smallest absolute Gasteiger partial charge is 0.339 e. The first-order chi connectivity index (χ1) is 13.5. The van der Waals surface area contributed by atoms with Gasteiger partial charge in [0.15, 0.2) is 0 Å². The maximum atomic E-state index is 12.5. The summed E-state index contributed by atoms with van der Waals surface area (Å²) in [7, 11) is 1.29. The molecule has 8 heteroatoms. The summed E-state index contributed by atoms with van der Waals surface area (Å²) in [4.78, 5) is 24.4. The largest absolute Gasteiger partial charge is 0.465 e. The lowest BCUT2D eigenvalue weighted by Gasteiger charge is -2.14. The van der Waals surface area contributed by atoms with Gasteiger partial charge in [0, 0.05) is 11.6 Å². The number of hydrogen-bond donors (Lipinski definition) is 2. The first-order valence-corrected chi connectivity index (χ1v) is 9.75. The van der Waals surface area contributed by atoms with Crippen LogP contribution in [0.1, 0.15) is 15.9 Å². The van der Waals surface area contributed by atoms with E-state index in [1.165, 1.54) is 18.9 Å². The lowest BCUT2D eigenvalue weighted by molar-refractivity contribution is -0.117. The van der Waals surface area contributed by atoms with Crippen molar-refractivity contribution in [3.8, 4) is 6.07 Å². The van der Waals surface area contributed by atoms with Crippen molar-refractivity contribution in [2.75, 3.05) is 18.7 Å². The van der Waals surface area contributed by atoms with E-state index in [2.05, 4.69) is 10.6 Å². The molecule has 2 rings (SSSR count). The number of amides is 1. The van der Waals surface area contributed by atoms with Crippen LogP contribution in [0, 0.1) is 11.3 Å². The molecule has 2 aromatic rings. The zero-order valence-electron chi connectivity index (χ0n) is 15.3. The zero-order valence-corrected chi connectivity index (χ0v) is 16.9. The van der Waals surface area contributed by atoms with Crippen molar-refractivity contribution in [1.29, 1.82) is 5.26 Å². The second-order valence-corrected chi connectivity index (χ2v) is 6.74. The Hall–Kier alpha value is -2.95. The van der Waals surface area contributed by atoms with Crippen LogP contribution in [0.3, 0.4) is 0 Å². The first-order valence-electron chi connectivity index (χ1n) is 8.15. The van der Waals surface area contributed by atoms with Crippen molar-refractivity contribution in [2.45, 2.75) is 6.54 Å². The number of ether oxygens (including phenoxy) is 1. The standard InChI is InChI=1S/C20H18ClN3O3S/c1-27-20(26)15-5-3-4-6-17(15)24-19(28-2)16(11-22)18(25)23-12-13-7-9-14(21)10-8-13/h3-10,24H,12H2,1-2H3,(H,23,25). The van der Waals surface area contributed by atoms with Gasteiger partial charge in [-0.3, -0.25) is 4.79 Å². The molecule has 0 aromatic heterocycles. The molecule has 0 saturated heterocycles. The fourth-order valence-electron chi connectivity index (χ4n) is 2.30. The number of nitrogens with one attached hydrogen (secondary N) is 2. The molecule has 0 saturated carbocycles. The minimum absolute atomic E-state index is 0.0823. The van der Waals surface area contributed by atoms with Crippen LogP contribution in [0.15, 0.2) is 59.1 Å². The summed E-state index contributed by atoms with van der Waals surface area (Å²) in [5.41, 5.74) is 1.51. The summed E-state index contributed by atoms with van der Waals surface area (Å²) < 4.78 is 4.77. The van der Waals surface area contributed by atoms with Gasteiger partial charge in [-0.15, -0.1) is 11.8 Å². The molecule has 6 nitrogen and oxygen atoms in total. The van der Waals surface area contributed by atoms with Gasteiger partial charge in [-0.25, -0.2) is 4.79 Å². The van der Waals surface area contributed by atoms with E-state index >= 15 is 0 Å². The highest BCUT2D eigenvalue weighted by Crippen LogP contribution is 2.24. The number of benzene rings is 2. The van der Waals surface area contributed by atoms with Crippen LogP contribution in [0.25, 0.3) is 0 Å². The van der Waals surface area contributed by atoms with Crippen LogP contribution < -0.4 is 10.6 Å². The molecule has 0 aliphatic rings. The highest BCUT2D eigenvalue weighted by Gasteiger charge is 2.18. The fourth-order valence-corrected chi connectivity index (χ4v) is 2.98. The minimum atomic E-state index is -0.523. The van der Waals surface area contributed by atoms with Crippen LogP contribution in [0.2, 0.25) is 5.02 Å². The van der Waals surface area contributed by atoms with E-state index in [4.69, 9.17) is 16.3 Å². The van der Waals surface area contributed by atoms with Crippen molar-refractivity contribution in [3.63, 3.8) is 0 Å². The van der Waals surface area contributed by atoms with E-state index in [9.17, 15) is 14.9 Å². The number of thioether (sulfide) groups is 1. The normalized spacial score (nSPS) is 11.1. The second kappa shape index (κ2) is 10.4. The zero-order chi connectivity index (χ0) is 20.5. The van der Waals surface area contributed by atoms with E-state index in [0.29, 0.717) is 21.3 Å². The van der Waals surface area contributed by atoms with Crippen LogP contribution in [-0.4, -0.2) is 25.2 Å². The number of nitrogens with zero attached hydrogens (tertiary/aromatic N) is 1. The molecule has 144 valence electrons. The van der Waals surface area contributed by atoms with Gasteiger partial charge in [0.05, 0.1) is 23.4 Å². The maximum absolute atomic E-state index is 12.5. The lowest BCUT2D eigenvalue weighted by atomic mass is 10.1. The number of rotatable bonds is 7. The maximum Gasteiger partial charge on any atom is 0.339 e. The lowest BCUT2D eigenvalue weighted by Crippen LogP contribution is -2.25. The number of para-hydroxylation sites is 1. The predicted molar refractivity (Wildman–Crippen MR) is 111 cm³/mol. The number of halogens is 1. The van der Waals surface area contributed by atoms with Gasteiger partial charge in [-0.05, 0) is 36.1 Å². The summed E-state index contributed by atoms with van der Waals surface area (Å²) in [6.07, 6.45) is 1.73. The molecular formula is C20H18ClN3O3S. The molecule has 0 fully saturated rings. The number of carbonyl (C=O) groups excluding carboxylic acids is 2. The van der Waals surface area contributed by atoms with Gasteiger partial charge >= 0.3 is 5.97 Å². The van der Waals surface area contributed by atoms with Crippen LogP contribution in [-0.2, 0) is 16.1 Å². The first kappa shape index (κ1) is 21.4. The summed E-state index contributed by atoms with van der Waals surface area (Å²) in [6.45, 7) is 0.252. The summed E-state index contributed by atoms with van der Waals surface area (Å²) in [6, 6.07) is 15.7. The third kappa shape index (κ3) is 5.52. The number of hydrogen-bond acceptors (Lipinski definition) is 6. The third-order valence-corrected chi connectivity index (χ3v) is 4.68. The Morgan fingerprint density at radius 1 is 1.18 bits per heavy atom. The van der Waals surface area contributed by atoms with Gasteiger partial charge in [0.1, 0.15) is 11.6 Å². The topological polar surface area (TPSA) is 91.2 Å². The van der Waals surface area contributed by atoms with Crippen LogP contribution in [0.4, 0.5) is 5.69 Å². The summed E-state index contributed by atoms with van der Waals surface area (Å²) in [5.74, 6) is -1.04. The molecule has 28 heavy (non-hydrogen) atoms. The molecule has 1 amide bonds. The number of carbonyl (C=O) groups is 2. The Kier molecular flexibility index (Phi) is 7.93. The van der Waals surface area contributed by atoms with Gasteiger partial charge in [-0.1, -0.05) is 35.9 Å². The van der Waals surface area contributed by atoms with E-state index in [1.807, 2.05) is 6.07 Å². The van der Waals surface area contributed by atoms with Crippen LogP contribution >= 0.6 is 23.4 Å². The van der Waals surface area contributed by atoms with Gasteiger partial charge in [0.25, 0.3) is 5.91 Å². The van der Waals surface area contributed by atoms with E-state index in [0.717, 1.165) is 5.56 Å². The molecule has 0 heterocycles. The summed E-state index contributed by atoms with van der Waals surface area (Å²) >= 11 is 7.04. The number of methoxy groups -OCH3 is 1. The van der Waals surface area contributed by atoms with Gasteiger partial charge in [0.2, 0.25) is 0 Å². The predicted octanol–water partition coefficient (Wildman–Crippen LogP) is 3.95. The number of esters is 1. The monoisotopic (exact) mass is 415 g/mol. The molecule has 0 bridgehead atoms. The van der Waals surface area contributed by atoms with Gasteiger partial charge < -0.3 is 15.4 Å². The Bertz CT molecular complexity index is 936. The molecule has 2 aromatic carbocycles. The molecule has 0 unspecified atom stereocenters. The summed E-state index contributed by atoms with van der Waals surface area (Å²) in [5, 5.41) is 16.1. The second-order valence-electron chi connectivity index (χ2n) is 5.49. The third-order valence-electron chi connectivity index (χ3n) is 3.72. The SMILES string of the molecule is COC(=O)c1ccccc1NC(SC)=C(C#N)C(=O)NCc1ccc(Cl)cc1. The molecule has 0 spiro atoms. The average molecular weight is 416 g/mol. The van der Waals surface area contributed by atoms with Crippen molar-refractivity contribution >= 4 is 40.9 Å². The van der Waals surface area contributed by atoms with E-state index < -0.39 is 11.9 Å². The molecule has 0 aliphatic heterocycles. The molecule has 2 N–H and O–H groups in total. The Labute approximate surface area is 172 Å². The van der Waals surface area contributed by atoms with E-state index in [1.54, 1.807) is 54.8 Å². The number of anilines is 1. The molecule has 0 aliphatic carbocycles. The Morgan fingerprint density at radius 3 is 2.46 bits per heavy atom. The van der Waals surface area contributed by atoms with E-state index in [-0.39, 0.29) is 12.1 Å². The van der Waals surface area contributed by atoms with Crippen molar-refractivity contribution < 1.29 is 14.3 Å². The van der Waals surface area contributed by atoms with Crippen molar-refractivity contribution in [1.82, 2.24) is 5.32 Å². The van der Waals surface area contributed by atoms with Gasteiger partial charge in [-0.2, -0.15) is 5.26 Å². The Balaban J connectivity index is 2.22. The minimum Gasteiger partial charge on any atom is -0.465 e. The number of nitriles is 1. The Morgan fingerprint density at radius 2 is 1.86 bits per heavy atom. The average Bonchev–Trinajstić information content (AvgIpc) is 2.72. The fraction of sp³-hybridized carbons (Fsp3) is 0.150.